The Bertz CT molecular complexity index is 869. The van der Waals surface area contributed by atoms with Crippen molar-refractivity contribution >= 4 is 28.3 Å². The van der Waals surface area contributed by atoms with Gasteiger partial charge in [0.05, 0.1) is 11.0 Å². The summed E-state index contributed by atoms with van der Waals surface area (Å²) in [6.45, 7) is 0. The van der Waals surface area contributed by atoms with E-state index in [4.69, 9.17) is 5.73 Å². The van der Waals surface area contributed by atoms with Gasteiger partial charge in [0.25, 0.3) is 5.91 Å². The fourth-order valence-electron chi connectivity index (χ4n) is 2.05. The molecule has 1 aromatic heterocycles. The zero-order valence-electron chi connectivity index (χ0n) is 11.6. The van der Waals surface area contributed by atoms with Crippen molar-refractivity contribution in [2.45, 2.75) is 6.18 Å². The van der Waals surface area contributed by atoms with Gasteiger partial charge in [0.1, 0.15) is 0 Å². The van der Waals surface area contributed by atoms with Crippen molar-refractivity contribution < 1.29 is 18.0 Å². The molecule has 1 amide bonds. The SMILES string of the molecule is Nc1ccc(NC(=O)c2ccc3nc(C(F)(F)F)[nH]c3c2)cc1. The van der Waals surface area contributed by atoms with Crippen molar-refractivity contribution in [2.24, 2.45) is 0 Å². The summed E-state index contributed by atoms with van der Waals surface area (Å²) in [5.41, 5.74) is 7.14. The van der Waals surface area contributed by atoms with Crippen LogP contribution in [0.25, 0.3) is 11.0 Å². The predicted molar refractivity (Wildman–Crippen MR) is 79.9 cm³/mol. The summed E-state index contributed by atoms with van der Waals surface area (Å²) in [4.78, 5) is 17.8. The minimum Gasteiger partial charge on any atom is -0.399 e. The predicted octanol–water partition coefficient (Wildman–Crippen LogP) is 3.42. The van der Waals surface area contributed by atoms with Gasteiger partial charge in [0.2, 0.25) is 5.82 Å². The van der Waals surface area contributed by atoms with Gasteiger partial charge in [-0.2, -0.15) is 13.2 Å². The highest BCUT2D eigenvalue weighted by Crippen LogP contribution is 2.28. The van der Waals surface area contributed by atoms with Crippen molar-refractivity contribution in [1.29, 1.82) is 0 Å². The van der Waals surface area contributed by atoms with Gasteiger partial charge < -0.3 is 16.0 Å². The van der Waals surface area contributed by atoms with Crippen LogP contribution in [0.15, 0.2) is 42.5 Å². The van der Waals surface area contributed by atoms with Crippen LogP contribution in [0, 0.1) is 0 Å². The standard InChI is InChI=1S/C15H11F3N4O/c16-15(17,18)14-21-11-6-1-8(7-12(11)22-14)13(23)20-10-4-2-9(19)3-5-10/h1-7H,19H2,(H,20,23)(H,21,22). The van der Waals surface area contributed by atoms with Crippen LogP contribution >= 0.6 is 0 Å². The number of alkyl halides is 3. The highest BCUT2D eigenvalue weighted by molar-refractivity contribution is 6.06. The van der Waals surface area contributed by atoms with Gasteiger partial charge >= 0.3 is 6.18 Å². The Labute approximate surface area is 128 Å². The molecule has 3 rings (SSSR count). The van der Waals surface area contributed by atoms with Crippen LogP contribution in [-0.4, -0.2) is 15.9 Å². The number of aromatic amines is 1. The van der Waals surface area contributed by atoms with E-state index in [0.717, 1.165) is 0 Å². The summed E-state index contributed by atoms with van der Waals surface area (Å²) >= 11 is 0. The van der Waals surface area contributed by atoms with Gasteiger partial charge in [0, 0.05) is 16.9 Å². The van der Waals surface area contributed by atoms with E-state index in [1.807, 2.05) is 0 Å². The van der Waals surface area contributed by atoms with E-state index in [9.17, 15) is 18.0 Å². The number of nitrogens with two attached hydrogens (primary N) is 1. The first-order valence-corrected chi connectivity index (χ1v) is 6.57. The number of anilines is 2. The van der Waals surface area contributed by atoms with Gasteiger partial charge in [-0.25, -0.2) is 4.98 Å². The number of nitrogens with one attached hydrogen (secondary N) is 2. The maximum Gasteiger partial charge on any atom is 0.449 e. The molecule has 118 valence electrons. The van der Waals surface area contributed by atoms with Crippen molar-refractivity contribution in [3.8, 4) is 0 Å². The average Bonchev–Trinajstić information content (AvgIpc) is 2.92. The number of rotatable bonds is 2. The highest BCUT2D eigenvalue weighted by Gasteiger charge is 2.34. The molecular weight excluding hydrogens is 309 g/mol. The average molecular weight is 320 g/mol. The largest absolute Gasteiger partial charge is 0.449 e. The summed E-state index contributed by atoms with van der Waals surface area (Å²) in [7, 11) is 0. The number of hydrogen-bond acceptors (Lipinski definition) is 3. The number of amides is 1. The first-order valence-electron chi connectivity index (χ1n) is 6.57. The fourth-order valence-corrected chi connectivity index (χ4v) is 2.05. The molecule has 4 N–H and O–H groups in total. The van der Waals surface area contributed by atoms with Crippen LogP contribution in [0.3, 0.4) is 0 Å². The number of hydrogen-bond donors (Lipinski definition) is 3. The van der Waals surface area contributed by atoms with Gasteiger partial charge in [0.15, 0.2) is 0 Å². The van der Waals surface area contributed by atoms with Crippen molar-refractivity contribution in [3.05, 3.63) is 53.9 Å². The maximum atomic E-state index is 12.6. The summed E-state index contributed by atoms with van der Waals surface area (Å²) in [6, 6.07) is 10.6. The van der Waals surface area contributed by atoms with E-state index >= 15 is 0 Å². The van der Waals surface area contributed by atoms with E-state index < -0.39 is 17.9 Å². The van der Waals surface area contributed by atoms with Gasteiger partial charge in [-0.15, -0.1) is 0 Å². The van der Waals surface area contributed by atoms with E-state index in [0.29, 0.717) is 11.4 Å². The van der Waals surface area contributed by atoms with Crippen LogP contribution in [-0.2, 0) is 6.18 Å². The van der Waals surface area contributed by atoms with Crippen LogP contribution in [0.4, 0.5) is 24.5 Å². The van der Waals surface area contributed by atoms with Crippen LogP contribution in [0.2, 0.25) is 0 Å². The van der Waals surface area contributed by atoms with Gasteiger partial charge in [-0.05, 0) is 42.5 Å². The second-order valence-electron chi connectivity index (χ2n) is 4.89. The lowest BCUT2D eigenvalue weighted by Gasteiger charge is -2.05. The van der Waals surface area contributed by atoms with Crippen molar-refractivity contribution in [1.82, 2.24) is 9.97 Å². The number of nitrogen functional groups attached to an aromatic ring is 1. The molecule has 0 unspecified atom stereocenters. The molecule has 23 heavy (non-hydrogen) atoms. The molecule has 0 aliphatic heterocycles. The number of carbonyl (C=O) groups excluding carboxylic acids is 1. The Balaban J connectivity index is 1.87. The summed E-state index contributed by atoms with van der Waals surface area (Å²) < 4.78 is 37.9. The van der Waals surface area contributed by atoms with Crippen LogP contribution in [0.1, 0.15) is 16.2 Å². The smallest absolute Gasteiger partial charge is 0.399 e. The zero-order valence-corrected chi connectivity index (χ0v) is 11.6. The Kier molecular flexibility index (Phi) is 3.44. The third-order valence-corrected chi connectivity index (χ3v) is 3.18. The van der Waals surface area contributed by atoms with E-state index in [2.05, 4.69) is 15.3 Å². The zero-order chi connectivity index (χ0) is 16.6. The Morgan fingerprint density at radius 3 is 2.48 bits per heavy atom. The third-order valence-electron chi connectivity index (χ3n) is 3.18. The highest BCUT2D eigenvalue weighted by atomic mass is 19.4. The van der Waals surface area contributed by atoms with Crippen molar-refractivity contribution in [3.63, 3.8) is 0 Å². The molecule has 0 saturated carbocycles. The van der Waals surface area contributed by atoms with E-state index in [1.165, 1.54) is 18.2 Å². The number of fused-ring (bicyclic) bond motifs is 1. The summed E-state index contributed by atoms with van der Waals surface area (Å²) in [6.07, 6.45) is -4.56. The molecule has 0 saturated heterocycles. The first-order chi connectivity index (χ1) is 10.8. The molecule has 1 heterocycles. The van der Waals surface area contributed by atoms with E-state index in [1.54, 1.807) is 24.3 Å². The molecule has 0 aliphatic rings. The number of H-pyrrole nitrogens is 1. The number of carbonyl (C=O) groups is 1. The topological polar surface area (TPSA) is 83.8 Å². The van der Waals surface area contributed by atoms with Crippen molar-refractivity contribution in [2.75, 3.05) is 11.1 Å². The summed E-state index contributed by atoms with van der Waals surface area (Å²) in [5, 5.41) is 2.64. The molecule has 0 bridgehead atoms. The number of benzene rings is 2. The fraction of sp³-hybridized carbons (Fsp3) is 0.0667. The molecular formula is C15H11F3N4O. The normalized spacial score (nSPS) is 11.6. The number of aromatic nitrogens is 2. The molecule has 3 aromatic rings. The monoisotopic (exact) mass is 320 g/mol. The van der Waals surface area contributed by atoms with Crippen LogP contribution < -0.4 is 11.1 Å². The lowest BCUT2D eigenvalue weighted by atomic mass is 10.2. The van der Waals surface area contributed by atoms with Gasteiger partial charge in [-0.3, -0.25) is 4.79 Å². The lowest BCUT2D eigenvalue weighted by Crippen LogP contribution is -2.11. The molecule has 0 aliphatic carbocycles. The van der Waals surface area contributed by atoms with E-state index in [-0.39, 0.29) is 16.6 Å². The second kappa shape index (κ2) is 5.31. The molecule has 0 spiro atoms. The number of halogens is 3. The summed E-state index contributed by atoms with van der Waals surface area (Å²) in [5.74, 6) is -1.54. The third kappa shape index (κ3) is 3.10. The number of nitrogens with zero attached hydrogens (tertiary/aromatic N) is 1. The maximum absolute atomic E-state index is 12.6. The van der Waals surface area contributed by atoms with Gasteiger partial charge in [-0.1, -0.05) is 0 Å². The Morgan fingerprint density at radius 1 is 1.13 bits per heavy atom. The lowest BCUT2D eigenvalue weighted by molar-refractivity contribution is -0.144. The Morgan fingerprint density at radius 2 is 1.83 bits per heavy atom. The minimum atomic E-state index is -4.56. The van der Waals surface area contributed by atoms with Crippen LogP contribution in [0.5, 0.6) is 0 Å². The first kappa shape index (κ1) is 14.9. The molecule has 2 aromatic carbocycles. The quantitative estimate of drug-likeness (QED) is 0.633. The molecule has 8 heteroatoms. The molecule has 0 atom stereocenters. The minimum absolute atomic E-state index is 0.140. The number of imidazole rings is 1. The molecule has 5 nitrogen and oxygen atoms in total. The Hall–Kier alpha value is -3.03. The molecule has 0 fully saturated rings. The molecule has 0 radical (unpaired) electrons. The second-order valence-corrected chi connectivity index (χ2v) is 4.89.